The maximum atomic E-state index is 4.34. The molecule has 1 aromatic heterocycles. The fourth-order valence-corrected chi connectivity index (χ4v) is 1.80. The zero-order chi connectivity index (χ0) is 10.3. The highest BCUT2D eigenvalue weighted by molar-refractivity contribution is 7.83. The molecule has 4 heteroatoms. The molecular weight excluding hydrogens is 212 g/mol. The maximum absolute atomic E-state index is 4.34. The summed E-state index contributed by atoms with van der Waals surface area (Å²) in [5.74, 6) is 0. The van der Waals surface area contributed by atoms with Crippen molar-refractivity contribution in [3.05, 3.63) is 23.3 Å². The van der Waals surface area contributed by atoms with Crippen molar-refractivity contribution in [2.45, 2.75) is 23.9 Å². The second-order valence-electron chi connectivity index (χ2n) is 3.32. The quantitative estimate of drug-likeness (QED) is 0.670. The highest BCUT2D eigenvalue weighted by atomic mass is 32.1. The predicted octanol–water partition coefficient (Wildman–Crippen LogP) is 2.82. The Morgan fingerprint density at radius 2 is 1.64 bits per heavy atom. The summed E-state index contributed by atoms with van der Waals surface area (Å²) in [4.78, 5) is 8.66. The van der Waals surface area contributed by atoms with Crippen LogP contribution in [0.5, 0.6) is 0 Å². The number of aromatic nitrogens is 2. The first-order chi connectivity index (χ1) is 6.58. The first-order valence-corrected chi connectivity index (χ1v) is 5.14. The van der Waals surface area contributed by atoms with Crippen molar-refractivity contribution < 1.29 is 0 Å². The van der Waals surface area contributed by atoms with E-state index in [2.05, 4.69) is 41.3 Å². The molecule has 1 aromatic carbocycles. The molecule has 0 aliphatic rings. The summed E-state index contributed by atoms with van der Waals surface area (Å²) >= 11 is 8.39. The van der Waals surface area contributed by atoms with E-state index in [1.54, 1.807) is 0 Å². The van der Waals surface area contributed by atoms with E-state index in [0.717, 1.165) is 16.6 Å². The van der Waals surface area contributed by atoms with Crippen molar-refractivity contribution >= 4 is 36.3 Å². The second-order valence-corrected chi connectivity index (χ2v) is 4.17. The minimum atomic E-state index is 0.575. The zero-order valence-electron chi connectivity index (χ0n) is 7.94. The van der Waals surface area contributed by atoms with Crippen LogP contribution in [0.3, 0.4) is 0 Å². The summed E-state index contributed by atoms with van der Waals surface area (Å²) in [7, 11) is 0. The Labute approximate surface area is 93.6 Å². The van der Waals surface area contributed by atoms with Gasteiger partial charge in [-0.2, -0.15) is 0 Å². The van der Waals surface area contributed by atoms with Gasteiger partial charge in [-0.25, -0.2) is 9.97 Å². The Morgan fingerprint density at radius 3 is 2.36 bits per heavy atom. The van der Waals surface area contributed by atoms with Gasteiger partial charge in [0.15, 0.2) is 0 Å². The highest BCUT2D eigenvalue weighted by Crippen LogP contribution is 2.21. The third-order valence-corrected chi connectivity index (χ3v) is 2.87. The topological polar surface area (TPSA) is 25.8 Å². The van der Waals surface area contributed by atoms with Crippen LogP contribution in [0.2, 0.25) is 0 Å². The second kappa shape index (κ2) is 3.44. The smallest absolute Gasteiger partial charge is 0.126 e. The number of aryl methyl sites for hydroxylation is 2. The number of rotatable bonds is 0. The van der Waals surface area contributed by atoms with E-state index in [0.29, 0.717) is 10.1 Å². The molecule has 14 heavy (non-hydrogen) atoms. The minimum absolute atomic E-state index is 0.575. The van der Waals surface area contributed by atoms with Crippen LogP contribution in [0.15, 0.2) is 22.2 Å². The highest BCUT2D eigenvalue weighted by Gasteiger charge is 2.05. The van der Waals surface area contributed by atoms with Gasteiger partial charge in [-0.05, 0) is 31.0 Å². The van der Waals surface area contributed by atoms with Gasteiger partial charge in [0.2, 0.25) is 0 Å². The molecule has 72 valence electrons. The van der Waals surface area contributed by atoms with Crippen LogP contribution in [-0.2, 0) is 0 Å². The van der Waals surface area contributed by atoms with Gasteiger partial charge in [0.1, 0.15) is 10.1 Å². The first kappa shape index (κ1) is 9.80. The Morgan fingerprint density at radius 1 is 1.00 bits per heavy atom. The maximum Gasteiger partial charge on any atom is 0.126 e. The van der Waals surface area contributed by atoms with Crippen molar-refractivity contribution in [1.82, 2.24) is 9.97 Å². The lowest BCUT2D eigenvalue weighted by molar-refractivity contribution is 0.977. The van der Waals surface area contributed by atoms with Gasteiger partial charge < -0.3 is 0 Å². The van der Waals surface area contributed by atoms with Crippen LogP contribution < -0.4 is 0 Å². The number of nitrogens with zero attached hydrogens (tertiary/aromatic N) is 2. The van der Waals surface area contributed by atoms with Crippen molar-refractivity contribution in [2.75, 3.05) is 0 Å². The summed E-state index contributed by atoms with van der Waals surface area (Å²) < 4.78 is 0. The number of benzene rings is 1. The summed E-state index contributed by atoms with van der Waals surface area (Å²) in [6.45, 7) is 4.07. The van der Waals surface area contributed by atoms with Crippen molar-refractivity contribution in [1.29, 1.82) is 0 Å². The fraction of sp³-hybridized carbons (Fsp3) is 0.200. The molecule has 0 aliphatic heterocycles. The van der Waals surface area contributed by atoms with Crippen molar-refractivity contribution in [2.24, 2.45) is 0 Å². The van der Waals surface area contributed by atoms with Gasteiger partial charge in [-0.15, -0.1) is 25.3 Å². The molecule has 0 atom stereocenters. The summed E-state index contributed by atoms with van der Waals surface area (Å²) in [6, 6.07) is 4.09. The van der Waals surface area contributed by atoms with E-state index in [1.165, 1.54) is 5.56 Å². The number of hydrogen-bond acceptors (Lipinski definition) is 4. The molecule has 0 saturated heterocycles. The molecule has 2 aromatic rings. The Kier molecular flexibility index (Phi) is 2.41. The van der Waals surface area contributed by atoms with E-state index in [4.69, 9.17) is 0 Å². The number of fused-ring (bicyclic) bond motifs is 1. The lowest BCUT2D eigenvalue weighted by atomic mass is 10.1. The average molecular weight is 222 g/mol. The molecule has 0 saturated carbocycles. The summed E-state index contributed by atoms with van der Waals surface area (Å²) in [5, 5.41) is 1.15. The van der Waals surface area contributed by atoms with Crippen LogP contribution in [0, 0.1) is 13.8 Å². The summed E-state index contributed by atoms with van der Waals surface area (Å²) in [6.07, 6.45) is 0. The molecule has 1 heterocycles. The average Bonchev–Trinajstić information content (AvgIpc) is 2.08. The SMILES string of the molecule is Cc1cc(C)c2nc(S)c(S)nc2c1. The van der Waals surface area contributed by atoms with E-state index < -0.39 is 0 Å². The molecule has 0 aliphatic carbocycles. The van der Waals surface area contributed by atoms with Crippen molar-refractivity contribution in [3.63, 3.8) is 0 Å². The van der Waals surface area contributed by atoms with Crippen LogP contribution in [-0.4, -0.2) is 9.97 Å². The zero-order valence-corrected chi connectivity index (χ0v) is 9.73. The fourth-order valence-electron chi connectivity index (χ4n) is 1.49. The van der Waals surface area contributed by atoms with E-state index in [-0.39, 0.29) is 0 Å². The molecule has 0 bridgehead atoms. The van der Waals surface area contributed by atoms with Gasteiger partial charge in [0, 0.05) is 0 Å². The Bertz CT molecular complexity index is 509. The molecule has 0 fully saturated rings. The Hall–Kier alpha value is -0.740. The van der Waals surface area contributed by atoms with Gasteiger partial charge in [0.05, 0.1) is 11.0 Å². The molecule has 0 unspecified atom stereocenters. The molecule has 2 nitrogen and oxygen atoms in total. The van der Waals surface area contributed by atoms with Crippen LogP contribution in [0.4, 0.5) is 0 Å². The predicted molar refractivity (Wildman–Crippen MR) is 63.5 cm³/mol. The molecule has 2 rings (SSSR count). The van der Waals surface area contributed by atoms with Gasteiger partial charge >= 0.3 is 0 Å². The van der Waals surface area contributed by atoms with E-state index in [1.807, 2.05) is 19.9 Å². The van der Waals surface area contributed by atoms with Gasteiger partial charge in [-0.1, -0.05) is 6.07 Å². The first-order valence-electron chi connectivity index (χ1n) is 4.25. The Balaban J connectivity index is 2.89. The third kappa shape index (κ3) is 1.60. The minimum Gasteiger partial charge on any atom is -0.237 e. The normalized spacial score (nSPS) is 10.9. The molecule has 0 spiro atoms. The number of hydrogen-bond donors (Lipinski definition) is 2. The molecule has 0 N–H and O–H groups in total. The lowest BCUT2D eigenvalue weighted by Gasteiger charge is -2.04. The summed E-state index contributed by atoms with van der Waals surface area (Å²) in [5.41, 5.74) is 4.09. The molecule has 0 amide bonds. The van der Waals surface area contributed by atoms with E-state index in [9.17, 15) is 0 Å². The van der Waals surface area contributed by atoms with Gasteiger partial charge in [0.25, 0.3) is 0 Å². The van der Waals surface area contributed by atoms with Crippen LogP contribution in [0.1, 0.15) is 11.1 Å². The van der Waals surface area contributed by atoms with Crippen LogP contribution >= 0.6 is 25.3 Å². The van der Waals surface area contributed by atoms with Gasteiger partial charge in [-0.3, -0.25) is 0 Å². The largest absolute Gasteiger partial charge is 0.237 e. The third-order valence-electron chi connectivity index (χ3n) is 2.07. The standard InChI is InChI=1S/C10H10N2S2/c1-5-3-6(2)8-7(4-5)11-9(13)10(14)12-8/h3-4H,1-2H3,(H,11,13)(H,12,14). The lowest BCUT2D eigenvalue weighted by Crippen LogP contribution is -1.91. The van der Waals surface area contributed by atoms with Crippen LogP contribution in [0.25, 0.3) is 11.0 Å². The number of thiol groups is 2. The van der Waals surface area contributed by atoms with E-state index >= 15 is 0 Å². The van der Waals surface area contributed by atoms with Crippen molar-refractivity contribution in [3.8, 4) is 0 Å². The monoisotopic (exact) mass is 222 g/mol. The molecular formula is C10H10N2S2. The molecule has 0 radical (unpaired) electrons.